The fourth-order valence-corrected chi connectivity index (χ4v) is 8.05. The minimum Gasteiger partial charge on any atom is -0.481 e. The Bertz CT molecular complexity index is 1510. The largest absolute Gasteiger partial charge is 0.481 e. The molecule has 11 heteroatoms. The van der Waals surface area contributed by atoms with Crippen LogP contribution in [0, 0.1) is 23.6 Å². The number of nitrogens with one attached hydrogen (secondary N) is 2. The summed E-state index contributed by atoms with van der Waals surface area (Å²) in [6, 6.07) is 6.92. The Morgan fingerprint density at radius 2 is 1.96 bits per heavy atom. The Kier molecular flexibility index (Phi) is 10.7. The van der Waals surface area contributed by atoms with Crippen molar-refractivity contribution in [1.82, 2.24) is 24.6 Å². The van der Waals surface area contributed by atoms with E-state index in [0.717, 1.165) is 86.2 Å². The van der Waals surface area contributed by atoms with Crippen molar-refractivity contribution in [3.8, 4) is 0 Å². The molecule has 1 aliphatic heterocycles. The highest BCUT2D eigenvalue weighted by molar-refractivity contribution is 5.70. The molecule has 6 rings (SSSR count). The topological polar surface area (TPSA) is 108 Å². The van der Waals surface area contributed by atoms with Crippen molar-refractivity contribution in [2.45, 2.75) is 89.1 Å². The van der Waals surface area contributed by atoms with E-state index in [9.17, 15) is 18.7 Å². The van der Waals surface area contributed by atoms with Gasteiger partial charge in [-0.1, -0.05) is 19.1 Å². The molecule has 0 radical (unpaired) electrons. The number of aromatic nitrogens is 4. The van der Waals surface area contributed by atoms with Gasteiger partial charge in [0.05, 0.1) is 30.5 Å². The Morgan fingerprint density at radius 1 is 1.13 bits per heavy atom. The van der Waals surface area contributed by atoms with Gasteiger partial charge in [-0.25, -0.2) is 9.37 Å². The minimum absolute atomic E-state index is 0.0597. The molecule has 2 aliphatic carbocycles. The maximum Gasteiger partial charge on any atom is 0.306 e. The molecular weight excluding hydrogens is 600 g/mol. The van der Waals surface area contributed by atoms with E-state index in [1.165, 1.54) is 6.07 Å². The molecule has 47 heavy (non-hydrogen) atoms. The summed E-state index contributed by atoms with van der Waals surface area (Å²) in [7, 11) is 1.91. The van der Waals surface area contributed by atoms with Crippen molar-refractivity contribution in [3.63, 3.8) is 0 Å². The molecule has 3 heterocycles. The monoisotopic (exact) mass is 649 g/mol. The minimum atomic E-state index is -0.692. The van der Waals surface area contributed by atoms with Gasteiger partial charge in [0.15, 0.2) is 0 Å². The number of rotatable bonds is 12. The lowest BCUT2D eigenvalue weighted by atomic mass is 9.78. The molecule has 1 aromatic carbocycles. The molecule has 1 saturated heterocycles. The normalized spacial score (nSPS) is 24.7. The first-order chi connectivity index (χ1) is 22.8. The number of hydrogen-bond donors (Lipinski definition) is 3. The van der Waals surface area contributed by atoms with Crippen LogP contribution in [-0.2, 0) is 24.7 Å². The van der Waals surface area contributed by atoms with E-state index in [1.807, 2.05) is 25.5 Å². The van der Waals surface area contributed by atoms with Gasteiger partial charge in [0, 0.05) is 49.4 Å². The summed E-state index contributed by atoms with van der Waals surface area (Å²) in [6.45, 7) is 4.21. The molecule has 0 unspecified atom stereocenters. The second-order valence-electron chi connectivity index (χ2n) is 14.0. The molecule has 9 nitrogen and oxygen atoms in total. The third-order valence-electron chi connectivity index (χ3n) is 10.7. The highest BCUT2D eigenvalue weighted by Crippen LogP contribution is 2.38. The smallest absolute Gasteiger partial charge is 0.306 e. The molecule has 0 amide bonds. The van der Waals surface area contributed by atoms with Crippen LogP contribution in [0.25, 0.3) is 0 Å². The van der Waals surface area contributed by atoms with Crippen LogP contribution in [-0.4, -0.2) is 68.1 Å². The summed E-state index contributed by atoms with van der Waals surface area (Å²) in [5.74, 6) is 0.754. The Labute approximate surface area is 276 Å². The van der Waals surface area contributed by atoms with E-state index in [-0.39, 0.29) is 42.3 Å². The van der Waals surface area contributed by atoms with E-state index in [4.69, 9.17) is 9.97 Å². The summed E-state index contributed by atoms with van der Waals surface area (Å²) in [6.07, 6.45) is 12.2. The van der Waals surface area contributed by atoms with Gasteiger partial charge in [-0.3, -0.25) is 13.9 Å². The van der Waals surface area contributed by atoms with E-state index in [2.05, 4.69) is 27.6 Å². The number of piperidine rings is 1. The molecule has 2 aromatic heterocycles. The number of carbonyl (C=O) groups is 1. The van der Waals surface area contributed by atoms with Gasteiger partial charge in [0.1, 0.15) is 11.6 Å². The van der Waals surface area contributed by atoms with Crippen molar-refractivity contribution < 1.29 is 18.7 Å². The van der Waals surface area contributed by atoms with Crippen molar-refractivity contribution in [2.75, 3.05) is 36.9 Å². The first-order valence-electron chi connectivity index (χ1n) is 17.5. The van der Waals surface area contributed by atoms with Crippen molar-refractivity contribution in [3.05, 3.63) is 64.9 Å². The number of alkyl halides is 1. The molecule has 0 spiro atoms. The average molecular weight is 650 g/mol. The average Bonchev–Trinajstić information content (AvgIpc) is 3.53. The summed E-state index contributed by atoms with van der Waals surface area (Å²) in [5.41, 5.74) is 4.08. The van der Waals surface area contributed by atoms with E-state index < -0.39 is 5.97 Å². The summed E-state index contributed by atoms with van der Waals surface area (Å²) < 4.78 is 29.7. The fraction of sp³-hybridized carbons (Fsp3) is 0.611. The number of benzene rings is 1. The molecule has 0 bridgehead atoms. The first kappa shape index (κ1) is 33.3. The number of carboxylic acids is 1. The molecule has 2 fully saturated rings. The Hall–Kier alpha value is -3.60. The predicted octanol–water partition coefficient (Wildman–Crippen LogP) is 6.54. The van der Waals surface area contributed by atoms with Crippen LogP contribution in [0.5, 0.6) is 0 Å². The van der Waals surface area contributed by atoms with Gasteiger partial charge >= 0.3 is 5.97 Å². The number of aryl methyl sites for hydroxylation is 2. The van der Waals surface area contributed by atoms with E-state index >= 15 is 0 Å². The van der Waals surface area contributed by atoms with Crippen LogP contribution in [0.15, 0.2) is 36.7 Å². The number of hydrogen-bond acceptors (Lipinski definition) is 7. The SMILES string of the molecule is CC[C@@H](Nc1nc2c(c(N[C@@H](CN3CCC[C@@H](CF)C3)c3cnn(C)c3)n1)C[C@H](c1cccc(F)c1)CC2)C1CCC(C(=O)O)CC1. The van der Waals surface area contributed by atoms with Crippen LogP contribution in [0.2, 0.25) is 0 Å². The van der Waals surface area contributed by atoms with Gasteiger partial charge in [-0.2, -0.15) is 10.1 Å². The lowest BCUT2D eigenvalue weighted by Gasteiger charge is -2.35. The van der Waals surface area contributed by atoms with Gasteiger partial charge in [0.25, 0.3) is 0 Å². The quantitative estimate of drug-likeness (QED) is 0.203. The van der Waals surface area contributed by atoms with Crippen LogP contribution < -0.4 is 10.6 Å². The van der Waals surface area contributed by atoms with Crippen molar-refractivity contribution in [2.24, 2.45) is 24.8 Å². The maximum atomic E-state index is 14.2. The number of likely N-dealkylation sites (tertiary alicyclic amines) is 1. The van der Waals surface area contributed by atoms with Crippen LogP contribution in [0.1, 0.15) is 92.6 Å². The third kappa shape index (κ3) is 8.11. The second kappa shape index (κ2) is 15.1. The fourth-order valence-electron chi connectivity index (χ4n) is 8.05. The highest BCUT2D eigenvalue weighted by atomic mass is 19.1. The molecule has 254 valence electrons. The molecular formula is C36H49F2N7O2. The summed E-state index contributed by atoms with van der Waals surface area (Å²) >= 11 is 0. The van der Waals surface area contributed by atoms with Gasteiger partial charge in [-0.05, 0) is 100 Å². The number of fused-ring (bicyclic) bond motifs is 1. The molecule has 3 N–H and O–H groups in total. The van der Waals surface area contributed by atoms with Crippen LogP contribution in [0.3, 0.4) is 0 Å². The zero-order chi connectivity index (χ0) is 32.9. The maximum absolute atomic E-state index is 14.2. The predicted molar refractivity (Wildman–Crippen MR) is 179 cm³/mol. The Balaban J connectivity index is 1.30. The summed E-state index contributed by atoms with van der Waals surface area (Å²) in [4.78, 5) is 24.1. The molecule has 3 aromatic rings. The van der Waals surface area contributed by atoms with Gasteiger partial charge < -0.3 is 20.6 Å². The first-order valence-corrected chi connectivity index (χ1v) is 17.5. The third-order valence-corrected chi connectivity index (χ3v) is 10.7. The number of halogens is 2. The van der Waals surface area contributed by atoms with Crippen molar-refractivity contribution >= 4 is 17.7 Å². The van der Waals surface area contributed by atoms with Gasteiger partial charge in [-0.15, -0.1) is 0 Å². The lowest BCUT2D eigenvalue weighted by molar-refractivity contribution is -0.143. The molecule has 1 saturated carbocycles. The molecule has 3 aliphatic rings. The number of nitrogens with zero attached hydrogens (tertiary/aromatic N) is 5. The molecule has 4 atom stereocenters. The number of anilines is 2. The number of aliphatic carboxylic acids is 1. The zero-order valence-electron chi connectivity index (χ0n) is 27.7. The summed E-state index contributed by atoms with van der Waals surface area (Å²) in [5, 5.41) is 21.4. The van der Waals surface area contributed by atoms with Crippen LogP contribution >= 0.6 is 0 Å². The standard InChI is InChI=1S/C36H49F2N7O2/c1-3-31(24-9-11-25(12-10-24)35(46)47)41-36-42-32-14-13-27(26-7-4-8-29(38)16-26)17-30(32)34(43-36)40-33(28-19-39-44(2)21-28)22-45-15-5-6-23(18-37)20-45/h4,7-8,16,19,21,23-25,27,31,33H,3,5-6,9-15,17-18,20,22H2,1-2H3,(H,46,47)(H2,40,41,42,43)/t23-,24?,25?,27+,31+,33-/m0/s1. The van der Waals surface area contributed by atoms with Crippen LogP contribution in [0.4, 0.5) is 20.5 Å². The number of carboxylic acid groups (broad SMARTS) is 1. The highest BCUT2D eigenvalue weighted by Gasteiger charge is 2.32. The van der Waals surface area contributed by atoms with Gasteiger partial charge in [0.2, 0.25) is 5.95 Å². The van der Waals surface area contributed by atoms with E-state index in [1.54, 1.807) is 16.8 Å². The van der Waals surface area contributed by atoms with E-state index in [0.29, 0.717) is 37.7 Å². The zero-order valence-corrected chi connectivity index (χ0v) is 27.7. The second-order valence-corrected chi connectivity index (χ2v) is 14.0. The Morgan fingerprint density at radius 3 is 2.66 bits per heavy atom. The lowest BCUT2D eigenvalue weighted by Crippen LogP contribution is -2.40. The van der Waals surface area contributed by atoms with Crippen molar-refractivity contribution in [1.29, 1.82) is 0 Å².